The molecule has 0 heterocycles. The summed E-state index contributed by atoms with van der Waals surface area (Å²) in [5.74, 6) is -0.0740. The van der Waals surface area contributed by atoms with E-state index >= 15 is 0 Å². The van der Waals surface area contributed by atoms with E-state index in [1.165, 1.54) is 6.92 Å². The van der Waals surface area contributed by atoms with Gasteiger partial charge in [0.25, 0.3) is 0 Å². The summed E-state index contributed by atoms with van der Waals surface area (Å²) in [6.45, 7) is 1.31. The van der Waals surface area contributed by atoms with Crippen molar-refractivity contribution in [2.75, 3.05) is 10.6 Å². The fourth-order valence-corrected chi connectivity index (χ4v) is 2.13. The lowest BCUT2D eigenvalue weighted by atomic mass is 10.3. The lowest BCUT2D eigenvalue weighted by Gasteiger charge is -2.09. The quantitative estimate of drug-likeness (QED) is 0.385. The Labute approximate surface area is 137 Å². The Balaban J connectivity index is 1.96. The Morgan fingerprint density at radius 2 is 1.78 bits per heavy atom. The average Bonchev–Trinajstić information content (AvgIpc) is 2.49. The van der Waals surface area contributed by atoms with Crippen molar-refractivity contribution in [3.8, 4) is 11.2 Å². The molecular formula is C16H13N3O3S. The molecule has 0 spiro atoms. The van der Waals surface area contributed by atoms with E-state index in [4.69, 9.17) is 10.00 Å². The molecule has 23 heavy (non-hydrogen) atoms. The van der Waals surface area contributed by atoms with Gasteiger partial charge >= 0.3 is 12.0 Å². The molecule has 0 aliphatic heterocycles. The summed E-state index contributed by atoms with van der Waals surface area (Å²) in [6, 6.07) is 13.0. The van der Waals surface area contributed by atoms with Gasteiger partial charge in [-0.15, -0.1) is 0 Å². The van der Waals surface area contributed by atoms with Crippen molar-refractivity contribution >= 4 is 35.1 Å². The highest BCUT2D eigenvalue weighted by atomic mass is 32.2. The zero-order chi connectivity index (χ0) is 16.7. The van der Waals surface area contributed by atoms with Gasteiger partial charge in [0, 0.05) is 29.3 Å². The number of ether oxygens (including phenoxy) is 1. The number of nitrogens with one attached hydrogen (secondary N) is 2. The lowest BCUT2D eigenvalue weighted by Crippen LogP contribution is -2.19. The topological polar surface area (TPSA) is 91.2 Å². The third-order valence-corrected chi connectivity index (χ3v) is 3.23. The number of urea groups is 1. The van der Waals surface area contributed by atoms with E-state index in [9.17, 15) is 9.59 Å². The maximum atomic E-state index is 11.9. The fraction of sp³-hybridized carbons (Fsp3) is 0.0625. The highest BCUT2D eigenvalue weighted by Crippen LogP contribution is 2.20. The van der Waals surface area contributed by atoms with Gasteiger partial charge in [-0.3, -0.25) is 4.79 Å². The molecule has 2 aromatic carbocycles. The van der Waals surface area contributed by atoms with Crippen LogP contribution in [0.4, 0.5) is 16.2 Å². The SMILES string of the molecule is CC(=O)Oc1cccc(NC(=O)Nc2ccc(SC#N)cc2)c1. The standard InChI is InChI=1S/C16H13N3O3S/c1-11(20)22-14-4-2-3-13(9-14)19-16(21)18-12-5-7-15(8-6-12)23-10-17/h2-9H,1H3,(H2,18,19,21). The number of amides is 2. The minimum Gasteiger partial charge on any atom is -0.427 e. The third-order valence-electron chi connectivity index (χ3n) is 2.63. The van der Waals surface area contributed by atoms with Crippen LogP contribution >= 0.6 is 11.8 Å². The number of hydrogen-bond donors (Lipinski definition) is 2. The molecule has 0 radical (unpaired) electrons. The predicted molar refractivity (Wildman–Crippen MR) is 88.3 cm³/mol. The highest BCUT2D eigenvalue weighted by molar-refractivity contribution is 8.03. The molecule has 2 rings (SSSR count). The van der Waals surface area contributed by atoms with E-state index in [0.29, 0.717) is 17.1 Å². The van der Waals surface area contributed by atoms with Crippen molar-refractivity contribution in [2.45, 2.75) is 11.8 Å². The highest BCUT2D eigenvalue weighted by Gasteiger charge is 2.05. The van der Waals surface area contributed by atoms with Gasteiger partial charge in [-0.05, 0) is 48.2 Å². The zero-order valence-corrected chi connectivity index (χ0v) is 13.0. The number of esters is 1. The first-order chi connectivity index (χ1) is 11.1. The number of thiocyanates is 1. The number of anilines is 2. The first-order valence-corrected chi connectivity index (χ1v) is 7.41. The summed E-state index contributed by atoms with van der Waals surface area (Å²) in [5, 5.41) is 15.9. The van der Waals surface area contributed by atoms with Gasteiger partial charge < -0.3 is 15.4 Å². The molecule has 6 nitrogen and oxygen atoms in total. The number of rotatable bonds is 4. The Bertz CT molecular complexity index is 754. The van der Waals surface area contributed by atoms with Crippen LogP contribution in [0.5, 0.6) is 5.75 Å². The number of thioether (sulfide) groups is 1. The molecule has 0 aliphatic carbocycles. The summed E-state index contributed by atoms with van der Waals surface area (Å²) in [7, 11) is 0. The summed E-state index contributed by atoms with van der Waals surface area (Å²) in [6.07, 6.45) is 0. The monoisotopic (exact) mass is 327 g/mol. The Kier molecular flexibility index (Phi) is 5.61. The molecular weight excluding hydrogens is 314 g/mol. The maximum Gasteiger partial charge on any atom is 0.323 e. The number of nitriles is 1. The van der Waals surface area contributed by atoms with Gasteiger partial charge in [0.05, 0.1) is 0 Å². The second-order valence-corrected chi connectivity index (χ2v) is 5.28. The smallest absolute Gasteiger partial charge is 0.323 e. The van der Waals surface area contributed by atoms with Crippen LogP contribution in [0.15, 0.2) is 53.4 Å². The average molecular weight is 327 g/mol. The predicted octanol–water partition coefficient (Wildman–Crippen LogP) is 3.83. The van der Waals surface area contributed by atoms with Gasteiger partial charge in [0.2, 0.25) is 0 Å². The van der Waals surface area contributed by atoms with Crippen LogP contribution in [0.25, 0.3) is 0 Å². The van der Waals surface area contributed by atoms with Crippen molar-refractivity contribution in [2.24, 2.45) is 0 Å². The molecule has 0 saturated heterocycles. The van der Waals surface area contributed by atoms with Gasteiger partial charge in [-0.1, -0.05) is 6.07 Å². The molecule has 7 heteroatoms. The van der Waals surface area contributed by atoms with Gasteiger partial charge in [0.1, 0.15) is 11.2 Å². The van der Waals surface area contributed by atoms with Crippen LogP contribution in [0.2, 0.25) is 0 Å². The van der Waals surface area contributed by atoms with Crippen molar-refractivity contribution in [1.82, 2.24) is 0 Å². The Hall–Kier alpha value is -2.98. The number of nitrogens with zero attached hydrogens (tertiary/aromatic N) is 1. The molecule has 0 fully saturated rings. The molecule has 0 atom stereocenters. The molecule has 0 unspecified atom stereocenters. The number of hydrogen-bond acceptors (Lipinski definition) is 5. The van der Waals surface area contributed by atoms with E-state index in [2.05, 4.69) is 10.6 Å². The number of carbonyl (C=O) groups excluding carboxylic acids is 2. The molecule has 116 valence electrons. The van der Waals surface area contributed by atoms with Crippen LogP contribution in [0, 0.1) is 10.7 Å². The fourth-order valence-electron chi connectivity index (χ4n) is 1.76. The Morgan fingerprint density at radius 3 is 2.43 bits per heavy atom. The van der Waals surface area contributed by atoms with Crippen LogP contribution in [0.1, 0.15) is 6.92 Å². The molecule has 0 aliphatic rings. The van der Waals surface area contributed by atoms with Crippen molar-refractivity contribution < 1.29 is 14.3 Å². The van der Waals surface area contributed by atoms with Gasteiger partial charge in [0.15, 0.2) is 0 Å². The second-order valence-electron chi connectivity index (χ2n) is 4.42. The van der Waals surface area contributed by atoms with E-state index in [1.54, 1.807) is 48.5 Å². The molecule has 2 N–H and O–H groups in total. The van der Waals surface area contributed by atoms with Crippen LogP contribution < -0.4 is 15.4 Å². The zero-order valence-electron chi connectivity index (χ0n) is 12.2. The summed E-state index contributed by atoms with van der Waals surface area (Å²) in [5.41, 5.74) is 1.10. The van der Waals surface area contributed by atoms with Crippen LogP contribution in [-0.4, -0.2) is 12.0 Å². The van der Waals surface area contributed by atoms with Crippen LogP contribution in [-0.2, 0) is 4.79 Å². The maximum absolute atomic E-state index is 11.9. The minimum atomic E-state index is -0.429. The van der Waals surface area contributed by atoms with E-state index in [0.717, 1.165) is 16.7 Å². The summed E-state index contributed by atoms with van der Waals surface area (Å²) in [4.78, 5) is 23.7. The van der Waals surface area contributed by atoms with E-state index in [-0.39, 0.29) is 0 Å². The Morgan fingerprint density at radius 1 is 1.09 bits per heavy atom. The largest absolute Gasteiger partial charge is 0.427 e. The van der Waals surface area contributed by atoms with Crippen LogP contribution in [0.3, 0.4) is 0 Å². The molecule has 0 aromatic heterocycles. The minimum absolute atomic E-state index is 0.355. The normalized spacial score (nSPS) is 9.57. The summed E-state index contributed by atoms with van der Waals surface area (Å²) < 4.78 is 4.95. The molecule has 0 saturated carbocycles. The van der Waals surface area contributed by atoms with E-state index < -0.39 is 12.0 Å². The van der Waals surface area contributed by atoms with Gasteiger partial charge in [-0.2, -0.15) is 5.26 Å². The number of benzene rings is 2. The third kappa shape index (κ3) is 5.37. The van der Waals surface area contributed by atoms with Gasteiger partial charge in [-0.25, -0.2) is 4.79 Å². The van der Waals surface area contributed by atoms with Crippen molar-refractivity contribution in [3.05, 3.63) is 48.5 Å². The van der Waals surface area contributed by atoms with E-state index in [1.807, 2.05) is 5.40 Å². The lowest BCUT2D eigenvalue weighted by molar-refractivity contribution is -0.131. The molecule has 2 aromatic rings. The van der Waals surface area contributed by atoms with Crippen molar-refractivity contribution in [1.29, 1.82) is 5.26 Å². The number of carbonyl (C=O) groups is 2. The first kappa shape index (κ1) is 16.4. The first-order valence-electron chi connectivity index (χ1n) is 6.59. The molecule has 2 amide bonds. The van der Waals surface area contributed by atoms with Crippen molar-refractivity contribution in [3.63, 3.8) is 0 Å². The summed E-state index contributed by atoms with van der Waals surface area (Å²) >= 11 is 1.05. The second kappa shape index (κ2) is 7.87. The molecule has 0 bridgehead atoms.